The molecule has 2 heterocycles. The molecule has 0 aliphatic heterocycles. The van der Waals surface area contributed by atoms with Crippen LogP contribution in [0.5, 0.6) is 5.75 Å². The first-order chi connectivity index (χ1) is 11.7. The van der Waals surface area contributed by atoms with E-state index in [1.54, 1.807) is 0 Å². The molecule has 3 rings (SSSR count). The number of aromatic hydroxyl groups is 1. The van der Waals surface area contributed by atoms with Gasteiger partial charge in [-0.25, -0.2) is 4.98 Å². The molecule has 25 heavy (non-hydrogen) atoms. The van der Waals surface area contributed by atoms with Gasteiger partial charge in [-0.05, 0) is 30.4 Å². The maximum Gasteiger partial charge on any atom is 0.274 e. The van der Waals surface area contributed by atoms with Gasteiger partial charge in [-0.15, -0.1) is 0 Å². The van der Waals surface area contributed by atoms with E-state index >= 15 is 0 Å². The molecule has 132 valence electrons. The summed E-state index contributed by atoms with van der Waals surface area (Å²) in [5.74, 6) is -2.56. The number of aromatic nitrogens is 2. The molecule has 0 saturated heterocycles. The van der Waals surface area contributed by atoms with E-state index in [1.165, 1.54) is 12.1 Å². The van der Waals surface area contributed by atoms with E-state index < -0.39 is 17.8 Å². The van der Waals surface area contributed by atoms with Crippen molar-refractivity contribution in [1.29, 1.82) is 0 Å². The van der Waals surface area contributed by atoms with Crippen LogP contribution in [0, 0.1) is 17.3 Å². The van der Waals surface area contributed by atoms with Crippen molar-refractivity contribution in [3.63, 3.8) is 0 Å². The standard InChI is InChI=1S/C17H18F2N4O2/c1-17(2)6-5-11(17)21-16(25)15-10(24)3-4-14(23-15)20-9-7-12(18)22-13(19)8-9/h3-4,7-8,11,24H,5-6H2,1-2H3,(H,21,25)(H,20,22,23). The second kappa shape index (κ2) is 6.27. The van der Waals surface area contributed by atoms with Gasteiger partial charge in [-0.3, -0.25) is 4.79 Å². The number of carbonyl (C=O) groups is 1. The Labute approximate surface area is 143 Å². The first-order valence-electron chi connectivity index (χ1n) is 7.85. The monoisotopic (exact) mass is 348 g/mol. The highest BCUT2D eigenvalue weighted by Crippen LogP contribution is 2.40. The summed E-state index contributed by atoms with van der Waals surface area (Å²) in [5, 5.41) is 15.4. The normalized spacial score (nSPS) is 18.3. The van der Waals surface area contributed by atoms with Crippen LogP contribution in [0.15, 0.2) is 24.3 Å². The number of hydrogen-bond acceptors (Lipinski definition) is 5. The Balaban J connectivity index is 1.79. The summed E-state index contributed by atoms with van der Waals surface area (Å²) in [5.41, 5.74) is -0.0508. The van der Waals surface area contributed by atoms with E-state index in [1.807, 2.05) is 0 Å². The topological polar surface area (TPSA) is 87.1 Å². The van der Waals surface area contributed by atoms with Crippen molar-refractivity contribution < 1.29 is 18.7 Å². The third-order valence-corrected chi connectivity index (χ3v) is 4.45. The van der Waals surface area contributed by atoms with Gasteiger partial charge in [0.1, 0.15) is 11.6 Å². The Morgan fingerprint density at radius 1 is 1.24 bits per heavy atom. The molecule has 1 aliphatic rings. The van der Waals surface area contributed by atoms with E-state index in [4.69, 9.17) is 0 Å². The maximum absolute atomic E-state index is 13.1. The Bertz CT molecular complexity index is 806. The van der Waals surface area contributed by atoms with Gasteiger partial charge in [0.15, 0.2) is 5.69 Å². The first-order valence-corrected chi connectivity index (χ1v) is 7.85. The highest BCUT2D eigenvalue weighted by Gasteiger charge is 2.39. The molecule has 2 aromatic heterocycles. The zero-order chi connectivity index (χ0) is 18.2. The molecule has 1 unspecified atom stereocenters. The number of pyridine rings is 2. The fraction of sp³-hybridized carbons (Fsp3) is 0.353. The summed E-state index contributed by atoms with van der Waals surface area (Å²) >= 11 is 0. The minimum Gasteiger partial charge on any atom is -0.505 e. The fourth-order valence-electron chi connectivity index (χ4n) is 2.73. The van der Waals surface area contributed by atoms with Crippen molar-refractivity contribution in [2.24, 2.45) is 5.41 Å². The SMILES string of the molecule is CC1(C)CCC1NC(=O)c1nc(Nc2cc(F)nc(F)c2)ccc1O. The number of nitrogens with one attached hydrogen (secondary N) is 2. The van der Waals surface area contributed by atoms with Crippen LogP contribution < -0.4 is 10.6 Å². The number of carbonyl (C=O) groups excluding carboxylic acids is 1. The van der Waals surface area contributed by atoms with Gasteiger partial charge in [0.2, 0.25) is 11.9 Å². The molecule has 1 aliphatic carbocycles. The predicted molar refractivity (Wildman–Crippen MR) is 87.6 cm³/mol. The molecule has 8 heteroatoms. The number of nitrogens with zero attached hydrogens (tertiary/aromatic N) is 2. The van der Waals surface area contributed by atoms with Gasteiger partial charge in [-0.1, -0.05) is 13.8 Å². The summed E-state index contributed by atoms with van der Waals surface area (Å²) in [6.45, 7) is 4.11. The van der Waals surface area contributed by atoms with Gasteiger partial charge in [0.05, 0.1) is 0 Å². The van der Waals surface area contributed by atoms with Crippen molar-refractivity contribution >= 4 is 17.4 Å². The van der Waals surface area contributed by atoms with Gasteiger partial charge in [0.25, 0.3) is 5.91 Å². The molecule has 0 radical (unpaired) electrons. The number of hydrogen-bond donors (Lipinski definition) is 3. The number of halogens is 2. The molecule has 2 aromatic rings. The molecule has 6 nitrogen and oxygen atoms in total. The van der Waals surface area contributed by atoms with Crippen LogP contribution in [0.25, 0.3) is 0 Å². The van der Waals surface area contributed by atoms with E-state index in [-0.39, 0.29) is 34.4 Å². The first kappa shape index (κ1) is 17.1. The fourth-order valence-corrected chi connectivity index (χ4v) is 2.73. The molecule has 0 spiro atoms. The average Bonchev–Trinajstić information content (AvgIpc) is 2.52. The van der Waals surface area contributed by atoms with Gasteiger partial charge < -0.3 is 15.7 Å². The summed E-state index contributed by atoms with van der Waals surface area (Å²) in [6, 6.07) is 4.70. The van der Waals surface area contributed by atoms with Gasteiger partial charge in [0, 0.05) is 23.9 Å². The number of rotatable bonds is 4. The lowest BCUT2D eigenvalue weighted by Crippen LogP contribution is -2.52. The number of anilines is 2. The smallest absolute Gasteiger partial charge is 0.274 e. The van der Waals surface area contributed by atoms with Crippen LogP contribution in [-0.2, 0) is 0 Å². The average molecular weight is 348 g/mol. The zero-order valence-electron chi connectivity index (χ0n) is 13.8. The Hall–Kier alpha value is -2.77. The number of amides is 1. The molecular formula is C17H18F2N4O2. The van der Waals surface area contributed by atoms with Crippen LogP contribution in [-0.4, -0.2) is 27.0 Å². The maximum atomic E-state index is 13.1. The lowest BCUT2D eigenvalue weighted by Gasteiger charge is -2.44. The lowest BCUT2D eigenvalue weighted by molar-refractivity contribution is 0.0725. The van der Waals surface area contributed by atoms with Crippen molar-refractivity contribution in [1.82, 2.24) is 15.3 Å². The van der Waals surface area contributed by atoms with Crippen molar-refractivity contribution in [2.45, 2.75) is 32.7 Å². The highest BCUT2D eigenvalue weighted by atomic mass is 19.1. The van der Waals surface area contributed by atoms with Crippen LogP contribution in [0.3, 0.4) is 0 Å². The highest BCUT2D eigenvalue weighted by molar-refractivity contribution is 5.95. The summed E-state index contributed by atoms with van der Waals surface area (Å²) in [7, 11) is 0. The van der Waals surface area contributed by atoms with Crippen molar-refractivity contribution in [3.8, 4) is 5.75 Å². The van der Waals surface area contributed by atoms with Gasteiger partial charge >= 0.3 is 0 Å². The van der Waals surface area contributed by atoms with Gasteiger partial charge in [-0.2, -0.15) is 13.8 Å². The Kier molecular flexibility index (Phi) is 4.28. The Morgan fingerprint density at radius 2 is 1.92 bits per heavy atom. The third-order valence-electron chi connectivity index (χ3n) is 4.45. The van der Waals surface area contributed by atoms with E-state index in [2.05, 4.69) is 34.4 Å². The summed E-state index contributed by atoms with van der Waals surface area (Å²) in [6.07, 6.45) is 1.88. The molecule has 3 N–H and O–H groups in total. The molecular weight excluding hydrogens is 330 g/mol. The van der Waals surface area contributed by atoms with Crippen LogP contribution in [0.4, 0.5) is 20.3 Å². The molecule has 0 aromatic carbocycles. The van der Waals surface area contributed by atoms with Crippen LogP contribution >= 0.6 is 0 Å². The summed E-state index contributed by atoms with van der Waals surface area (Å²) < 4.78 is 26.3. The van der Waals surface area contributed by atoms with E-state index in [0.717, 1.165) is 25.0 Å². The van der Waals surface area contributed by atoms with E-state index in [0.29, 0.717) is 0 Å². The second-order valence-electron chi connectivity index (χ2n) is 6.74. The minimum atomic E-state index is -0.980. The lowest BCUT2D eigenvalue weighted by atomic mass is 9.67. The van der Waals surface area contributed by atoms with Crippen LogP contribution in [0.1, 0.15) is 37.2 Å². The largest absolute Gasteiger partial charge is 0.505 e. The Morgan fingerprint density at radius 3 is 2.48 bits per heavy atom. The van der Waals surface area contributed by atoms with E-state index in [9.17, 15) is 18.7 Å². The minimum absolute atomic E-state index is 0.00717. The molecule has 1 fully saturated rings. The van der Waals surface area contributed by atoms with Crippen molar-refractivity contribution in [2.75, 3.05) is 5.32 Å². The van der Waals surface area contributed by atoms with Crippen LogP contribution in [0.2, 0.25) is 0 Å². The second-order valence-corrected chi connectivity index (χ2v) is 6.74. The molecule has 0 bridgehead atoms. The zero-order valence-corrected chi connectivity index (χ0v) is 13.8. The third kappa shape index (κ3) is 3.67. The predicted octanol–water partition coefficient (Wildman–Crippen LogP) is 3.12. The summed E-state index contributed by atoms with van der Waals surface area (Å²) in [4.78, 5) is 19.4. The molecule has 1 saturated carbocycles. The quantitative estimate of drug-likeness (QED) is 0.739. The molecule has 1 amide bonds. The molecule has 1 atom stereocenters. The van der Waals surface area contributed by atoms with Crippen molar-refractivity contribution in [3.05, 3.63) is 41.9 Å².